The Labute approximate surface area is 125 Å². The summed E-state index contributed by atoms with van der Waals surface area (Å²) in [5.41, 5.74) is 0.654. The average molecular weight is 335 g/mol. The average Bonchev–Trinajstić information content (AvgIpc) is 3.01. The summed E-state index contributed by atoms with van der Waals surface area (Å²) in [5.74, 6) is -2.70. The molecule has 4 atom stereocenters. The maximum absolute atomic E-state index is 12.4. The first-order valence-corrected chi connectivity index (χ1v) is 7.32. The number of amides is 1. The Morgan fingerprint density at radius 2 is 1.80 bits per heavy atom. The normalized spacial score (nSPS) is 30.4. The fraction of sp³-hybridized carbons (Fsp3) is 0.333. The van der Waals surface area contributed by atoms with Crippen LogP contribution in [0.25, 0.3) is 0 Å². The van der Waals surface area contributed by atoms with Crippen molar-refractivity contribution in [2.45, 2.75) is 6.42 Å². The molecule has 1 saturated carbocycles. The van der Waals surface area contributed by atoms with Crippen LogP contribution in [0, 0.1) is 23.7 Å². The standard InChI is InChI=1S/C15H14BrNO3/c16-10-3-1-2-4-11(10)17-14(18)12-8-5-6-9(7-8)13(12)15(19)20/h1-6,8-9,12-13H,7H2,(H,17,18)(H,19,20)/p-1/t8-,9+,12-,13+/m0/s1. The summed E-state index contributed by atoms with van der Waals surface area (Å²) < 4.78 is 0.775. The van der Waals surface area contributed by atoms with Gasteiger partial charge in [0.1, 0.15) is 0 Å². The molecule has 1 fully saturated rings. The lowest BCUT2D eigenvalue weighted by atomic mass is 9.82. The van der Waals surface area contributed by atoms with E-state index in [1.807, 2.05) is 30.4 Å². The van der Waals surface area contributed by atoms with E-state index in [0.29, 0.717) is 5.69 Å². The molecule has 20 heavy (non-hydrogen) atoms. The van der Waals surface area contributed by atoms with Crippen molar-refractivity contribution in [2.24, 2.45) is 23.7 Å². The number of carboxylic acid groups (broad SMARTS) is 1. The van der Waals surface area contributed by atoms with Gasteiger partial charge in [0.15, 0.2) is 0 Å². The number of aliphatic carboxylic acids is 1. The van der Waals surface area contributed by atoms with Crippen LogP contribution in [0.5, 0.6) is 0 Å². The van der Waals surface area contributed by atoms with Crippen molar-refractivity contribution in [3.05, 3.63) is 40.9 Å². The molecule has 4 nitrogen and oxygen atoms in total. The van der Waals surface area contributed by atoms with Gasteiger partial charge in [0, 0.05) is 16.4 Å². The first kappa shape index (κ1) is 13.4. The van der Waals surface area contributed by atoms with Gasteiger partial charge >= 0.3 is 0 Å². The SMILES string of the molecule is O=C(Nc1ccccc1Br)[C@@H]1[C@H](C(=O)[O-])[C@@H]2C=C[C@H]1C2. The first-order chi connectivity index (χ1) is 9.58. The van der Waals surface area contributed by atoms with Crippen LogP contribution >= 0.6 is 15.9 Å². The van der Waals surface area contributed by atoms with Crippen LogP contribution in [0.3, 0.4) is 0 Å². The molecule has 104 valence electrons. The summed E-state index contributed by atoms with van der Waals surface area (Å²) in [6.45, 7) is 0. The van der Waals surface area contributed by atoms with Gasteiger partial charge in [0.2, 0.25) is 5.91 Å². The minimum atomic E-state index is -1.13. The molecule has 1 amide bonds. The summed E-state index contributed by atoms with van der Waals surface area (Å²) in [4.78, 5) is 23.7. The van der Waals surface area contributed by atoms with Crippen molar-refractivity contribution >= 4 is 33.5 Å². The predicted octanol–water partition coefficient (Wildman–Crippen LogP) is 1.58. The van der Waals surface area contributed by atoms with Gasteiger partial charge in [-0.15, -0.1) is 0 Å². The van der Waals surface area contributed by atoms with E-state index >= 15 is 0 Å². The second-order valence-corrected chi connectivity index (χ2v) is 6.14. The van der Waals surface area contributed by atoms with Gasteiger partial charge in [0.05, 0.1) is 11.6 Å². The second-order valence-electron chi connectivity index (χ2n) is 5.29. The van der Waals surface area contributed by atoms with E-state index in [0.717, 1.165) is 10.9 Å². The summed E-state index contributed by atoms with van der Waals surface area (Å²) in [7, 11) is 0. The smallest absolute Gasteiger partial charge is 0.228 e. The van der Waals surface area contributed by atoms with Crippen LogP contribution < -0.4 is 10.4 Å². The topological polar surface area (TPSA) is 69.2 Å². The number of benzene rings is 1. The van der Waals surface area contributed by atoms with Gasteiger partial charge in [-0.05, 0) is 46.3 Å². The van der Waals surface area contributed by atoms with Crippen molar-refractivity contribution < 1.29 is 14.7 Å². The quantitative estimate of drug-likeness (QED) is 0.853. The number of anilines is 1. The van der Waals surface area contributed by atoms with E-state index in [-0.39, 0.29) is 17.7 Å². The van der Waals surface area contributed by atoms with E-state index in [2.05, 4.69) is 21.2 Å². The zero-order chi connectivity index (χ0) is 14.3. The molecule has 0 saturated heterocycles. The third-order valence-corrected chi connectivity index (χ3v) is 4.86. The zero-order valence-electron chi connectivity index (χ0n) is 10.6. The molecular weight excluding hydrogens is 322 g/mol. The number of allylic oxidation sites excluding steroid dienone is 2. The van der Waals surface area contributed by atoms with Gasteiger partial charge in [-0.2, -0.15) is 0 Å². The van der Waals surface area contributed by atoms with Crippen LogP contribution in [0.4, 0.5) is 5.69 Å². The fourth-order valence-corrected chi connectivity index (χ4v) is 3.66. The minimum Gasteiger partial charge on any atom is -0.550 e. The van der Waals surface area contributed by atoms with Gasteiger partial charge in [-0.3, -0.25) is 4.79 Å². The molecule has 2 aliphatic rings. The molecule has 0 aromatic heterocycles. The highest BCUT2D eigenvalue weighted by molar-refractivity contribution is 9.10. The van der Waals surface area contributed by atoms with Crippen LogP contribution in [0.15, 0.2) is 40.9 Å². The number of hydrogen-bond donors (Lipinski definition) is 1. The molecule has 1 N–H and O–H groups in total. The highest BCUT2D eigenvalue weighted by atomic mass is 79.9. The number of carbonyl (C=O) groups is 2. The highest BCUT2D eigenvalue weighted by Gasteiger charge is 2.48. The molecule has 0 unspecified atom stereocenters. The van der Waals surface area contributed by atoms with Gasteiger partial charge in [-0.1, -0.05) is 24.3 Å². The second kappa shape index (κ2) is 5.05. The fourth-order valence-electron chi connectivity index (χ4n) is 3.28. The molecule has 0 spiro atoms. The van der Waals surface area contributed by atoms with E-state index < -0.39 is 17.8 Å². The molecular formula is C15H13BrNO3-. The van der Waals surface area contributed by atoms with Crippen molar-refractivity contribution in [1.29, 1.82) is 0 Å². The van der Waals surface area contributed by atoms with E-state index in [9.17, 15) is 14.7 Å². The lowest BCUT2D eigenvalue weighted by Crippen LogP contribution is -2.42. The molecule has 3 rings (SSSR count). The molecule has 0 heterocycles. The Balaban J connectivity index is 1.82. The van der Waals surface area contributed by atoms with Crippen LogP contribution in [-0.2, 0) is 9.59 Å². The van der Waals surface area contributed by atoms with Gasteiger partial charge < -0.3 is 15.2 Å². The van der Waals surface area contributed by atoms with E-state index in [1.165, 1.54) is 0 Å². The summed E-state index contributed by atoms with van der Waals surface area (Å²) in [6.07, 6.45) is 4.58. The predicted molar refractivity (Wildman–Crippen MR) is 75.5 cm³/mol. The van der Waals surface area contributed by atoms with Crippen molar-refractivity contribution in [1.82, 2.24) is 0 Å². The lowest BCUT2D eigenvalue weighted by Gasteiger charge is -2.27. The largest absolute Gasteiger partial charge is 0.550 e. The van der Waals surface area contributed by atoms with Crippen LogP contribution in [0.2, 0.25) is 0 Å². The molecule has 0 radical (unpaired) electrons. The third-order valence-electron chi connectivity index (χ3n) is 4.17. The number of para-hydroxylation sites is 1. The number of halogens is 1. The zero-order valence-corrected chi connectivity index (χ0v) is 12.2. The monoisotopic (exact) mass is 334 g/mol. The molecule has 5 heteroatoms. The maximum atomic E-state index is 12.4. The Kier molecular flexibility index (Phi) is 3.38. The molecule has 1 aromatic carbocycles. The first-order valence-electron chi connectivity index (χ1n) is 6.52. The van der Waals surface area contributed by atoms with E-state index in [1.54, 1.807) is 6.07 Å². The number of fused-ring (bicyclic) bond motifs is 2. The Morgan fingerprint density at radius 3 is 2.45 bits per heavy atom. The molecule has 2 aliphatic carbocycles. The number of nitrogens with one attached hydrogen (secondary N) is 1. The van der Waals surface area contributed by atoms with Gasteiger partial charge in [0.25, 0.3) is 0 Å². The summed E-state index contributed by atoms with van der Waals surface area (Å²) in [6, 6.07) is 7.27. The molecule has 1 aromatic rings. The van der Waals surface area contributed by atoms with Crippen molar-refractivity contribution in [3.8, 4) is 0 Å². The summed E-state index contributed by atoms with van der Waals surface area (Å²) in [5, 5.41) is 14.1. The van der Waals surface area contributed by atoms with Crippen LogP contribution in [-0.4, -0.2) is 11.9 Å². The van der Waals surface area contributed by atoms with Gasteiger partial charge in [-0.25, -0.2) is 0 Å². The third kappa shape index (κ3) is 2.16. The Hall–Kier alpha value is -1.62. The molecule has 2 bridgehead atoms. The number of hydrogen-bond acceptors (Lipinski definition) is 3. The Bertz CT molecular complexity index is 599. The summed E-state index contributed by atoms with van der Waals surface area (Å²) >= 11 is 3.36. The van der Waals surface area contributed by atoms with Crippen molar-refractivity contribution in [2.75, 3.05) is 5.32 Å². The highest BCUT2D eigenvalue weighted by Crippen LogP contribution is 2.48. The van der Waals surface area contributed by atoms with Crippen LogP contribution in [0.1, 0.15) is 6.42 Å². The number of carboxylic acids is 1. The number of rotatable bonds is 3. The maximum Gasteiger partial charge on any atom is 0.228 e. The number of carbonyl (C=O) groups excluding carboxylic acids is 2. The minimum absolute atomic E-state index is 0.00499. The molecule has 0 aliphatic heterocycles. The Morgan fingerprint density at radius 1 is 1.15 bits per heavy atom. The van der Waals surface area contributed by atoms with E-state index in [4.69, 9.17) is 0 Å². The lowest BCUT2D eigenvalue weighted by molar-refractivity contribution is -0.313. The van der Waals surface area contributed by atoms with Crippen molar-refractivity contribution in [3.63, 3.8) is 0 Å².